The molecule has 6 heteroatoms. The Kier molecular flexibility index (Phi) is 4.85. The number of hydrogen-bond donors (Lipinski definition) is 1. The van der Waals surface area contributed by atoms with Gasteiger partial charge in [0.15, 0.2) is 0 Å². The highest BCUT2D eigenvalue weighted by Gasteiger charge is 2.24. The summed E-state index contributed by atoms with van der Waals surface area (Å²) in [5, 5.41) is 4.61. The van der Waals surface area contributed by atoms with Crippen molar-refractivity contribution in [3.8, 4) is 5.75 Å². The van der Waals surface area contributed by atoms with E-state index >= 15 is 0 Å². The van der Waals surface area contributed by atoms with Crippen molar-refractivity contribution in [3.05, 3.63) is 45.6 Å². The maximum atomic E-state index is 12.5. The summed E-state index contributed by atoms with van der Waals surface area (Å²) in [5.74, 6) is 2.30. The molecular weight excluding hydrogens is 328 g/mol. The van der Waals surface area contributed by atoms with Crippen molar-refractivity contribution >= 4 is 0 Å². The molecule has 1 fully saturated rings. The lowest BCUT2D eigenvalue weighted by atomic mass is 9.83. The Hall–Kier alpha value is -2.08. The van der Waals surface area contributed by atoms with Gasteiger partial charge >= 0.3 is 5.69 Å². The zero-order chi connectivity index (χ0) is 18.1. The largest absolute Gasteiger partial charge is 0.493 e. The third-order valence-electron chi connectivity index (χ3n) is 5.91. The Morgan fingerprint density at radius 2 is 2.15 bits per heavy atom. The molecule has 2 aliphatic rings. The second-order valence-electron chi connectivity index (χ2n) is 7.68. The Bertz CT molecular complexity index is 839. The van der Waals surface area contributed by atoms with Crippen LogP contribution in [0.3, 0.4) is 0 Å². The van der Waals surface area contributed by atoms with Crippen LogP contribution in [-0.4, -0.2) is 27.0 Å². The molecule has 2 atom stereocenters. The van der Waals surface area contributed by atoms with Crippen LogP contribution in [-0.2, 0) is 32.9 Å². The van der Waals surface area contributed by atoms with Crippen molar-refractivity contribution in [1.82, 2.24) is 14.3 Å². The first-order valence-corrected chi connectivity index (χ1v) is 9.74. The van der Waals surface area contributed by atoms with E-state index in [4.69, 9.17) is 10.5 Å². The van der Waals surface area contributed by atoms with Crippen molar-refractivity contribution in [2.45, 2.75) is 57.5 Å². The van der Waals surface area contributed by atoms with Crippen LogP contribution in [0.15, 0.2) is 23.0 Å². The third kappa shape index (κ3) is 3.43. The van der Waals surface area contributed by atoms with E-state index in [1.54, 1.807) is 9.25 Å². The van der Waals surface area contributed by atoms with Gasteiger partial charge in [0.25, 0.3) is 0 Å². The number of hydrogen-bond acceptors (Lipinski definition) is 4. The van der Waals surface area contributed by atoms with E-state index in [1.807, 2.05) is 13.1 Å². The summed E-state index contributed by atoms with van der Waals surface area (Å²) in [4.78, 5) is 12.5. The average Bonchev–Trinajstić information content (AvgIpc) is 3.21. The molecule has 26 heavy (non-hydrogen) atoms. The van der Waals surface area contributed by atoms with E-state index in [1.165, 1.54) is 24.0 Å². The van der Waals surface area contributed by atoms with E-state index in [2.05, 4.69) is 17.2 Å². The minimum Gasteiger partial charge on any atom is -0.493 e. The topological polar surface area (TPSA) is 75.1 Å². The maximum absolute atomic E-state index is 12.5. The predicted octanol–water partition coefficient (Wildman–Crippen LogP) is 1.82. The summed E-state index contributed by atoms with van der Waals surface area (Å²) in [7, 11) is 1.82. The van der Waals surface area contributed by atoms with Gasteiger partial charge in [0, 0.05) is 25.9 Å². The molecule has 140 valence electrons. The first kappa shape index (κ1) is 17.3. The number of ether oxygens (including phenoxy) is 1. The molecule has 4 rings (SSSR count). The van der Waals surface area contributed by atoms with Gasteiger partial charge in [0.1, 0.15) is 11.6 Å². The van der Waals surface area contributed by atoms with Crippen molar-refractivity contribution in [2.75, 3.05) is 6.61 Å². The Balaban J connectivity index is 1.44. The summed E-state index contributed by atoms with van der Waals surface area (Å²) < 4.78 is 8.85. The minimum atomic E-state index is -0.0334. The van der Waals surface area contributed by atoms with E-state index < -0.39 is 0 Å². The molecule has 2 aromatic rings. The van der Waals surface area contributed by atoms with Crippen LogP contribution < -0.4 is 16.2 Å². The van der Waals surface area contributed by atoms with Gasteiger partial charge in [-0.3, -0.25) is 4.57 Å². The fourth-order valence-corrected chi connectivity index (χ4v) is 4.21. The predicted molar refractivity (Wildman–Crippen MR) is 100 cm³/mol. The van der Waals surface area contributed by atoms with Crippen LogP contribution in [0, 0.1) is 5.92 Å². The highest BCUT2D eigenvalue weighted by atomic mass is 16.5. The lowest BCUT2D eigenvalue weighted by molar-refractivity contribution is 0.300. The first-order chi connectivity index (χ1) is 12.6. The molecule has 1 aliphatic heterocycles. The lowest BCUT2D eigenvalue weighted by Crippen LogP contribution is -2.35. The number of aromatic nitrogens is 3. The zero-order valence-electron chi connectivity index (χ0n) is 15.5. The SMILES string of the molecule is Cn1c(C[C@H]2CCCC[C@H]2N)nn(CCc2ccc3c(c2)CCO3)c1=O. The second kappa shape index (κ2) is 7.27. The molecule has 0 radical (unpaired) electrons. The molecule has 0 spiro atoms. The molecule has 6 nitrogen and oxygen atoms in total. The molecule has 0 saturated heterocycles. The number of nitrogens with two attached hydrogens (primary N) is 1. The Morgan fingerprint density at radius 1 is 1.31 bits per heavy atom. The number of benzene rings is 1. The summed E-state index contributed by atoms with van der Waals surface area (Å²) >= 11 is 0. The molecule has 1 saturated carbocycles. The van der Waals surface area contributed by atoms with E-state index in [9.17, 15) is 4.79 Å². The molecular formula is C20H28N4O2. The molecule has 1 aromatic heterocycles. The molecule has 1 aromatic carbocycles. The highest BCUT2D eigenvalue weighted by Crippen LogP contribution is 2.26. The van der Waals surface area contributed by atoms with Crippen molar-refractivity contribution in [1.29, 1.82) is 0 Å². The summed E-state index contributed by atoms with van der Waals surface area (Å²) in [6.07, 6.45) is 7.24. The van der Waals surface area contributed by atoms with Gasteiger partial charge in [-0.2, -0.15) is 5.10 Å². The van der Waals surface area contributed by atoms with Gasteiger partial charge in [-0.25, -0.2) is 9.48 Å². The highest BCUT2D eigenvalue weighted by molar-refractivity contribution is 5.39. The molecule has 0 unspecified atom stereocenters. The lowest BCUT2D eigenvalue weighted by Gasteiger charge is -2.27. The Morgan fingerprint density at radius 3 is 3.00 bits per heavy atom. The fourth-order valence-electron chi connectivity index (χ4n) is 4.21. The first-order valence-electron chi connectivity index (χ1n) is 9.74. The van der Waals surface area contributed by atoms with Gasteiger partial charge < -0.3 is 10.5 Å². The molecule has 0 bridgehead atoms. The standard InChI is InChI=1S/C20H28N4O2/c1-23-19(13-15-4-2-3-5-17(15)21)22-24(20(23)25)10-8-14-6-7-18-16(12-14)9-11-26-18/h6-7,12,15,17H,2-5,8-11,13,21H2,1H3/t15-,17-/m1/s1. The van der Waals surface area contributed by atoms with E-state index in [-0.39, 0.29) is 11.7 Å². The monoisotopic (exact) mass is 356 g/mol. The fraction of sp³-hybridized carbons (Fsp3) is 0.600. The van der Waals surface area contributed by atoms with Crippen LogP contribution in [0.2, 0.25) is 0 Å². The van der Waals surface area contributed by atoms with Crippen LogP contribution >= 0.6 is 0 Å². The van der Waals surface area contributed by atoms with Crippen molar-refractivity contribution in [3.63, 3.8) is 0 Å². The van der Waals surface area contributed by atoms with Crippen LogP contribution in [0.1, 0.15) is 42.6 Å². The quantitative estimate of drug-likeness (QED) is 0.887. The van der Waals surface area contributed by atoms with Gasteiger partial charge in [0.2, 0.25) is 0 Å². The van der Waals surface area contributed by atoms with E-state index in [0.29, 0.717) is 12.5 Å². The van der Waals surface area contributed by atoms with E-state index in [0.717, 1.165) is 50.3 Å². The average molecular weight is 356 g/mol. The van der Waals surface area contributed by atoms with Crippen LogP contribution in [0.25, 0.3) is 0 Å². The molecule has 1 aliphatic carbocycles. The summed E-state index contributed by atoms with van der Waals surface area (Å²) in [6.45, 7) is 1.37. The molecule has 2 N–H and O–H groups in total. The smallest absolute Gasteiger partial charge is 0.345 e. The number of nitrogens with zero attached hydrogens (tertiary/aromatic N) is 3. The number of aryl methyl sites for hydroxylation is 2. The molecule has 0 amide bonds. The van der Waals surface area contributed by atoms with Crippen molar-refractivity contribution in [2.24, 2.45) is 18.7 Å². The zero-order valence-corrected chi connectivity index (χ0v) is 15.5. The van der Waals surface area contributed by atoms with Gasteiger partial charge in [0.05, 0.1) is 13.2 Å². The maximum Gasteiger partial charge on any atom is 0.345 e. The summed E-state index contributed by atoms with van der Waals surface area (Å²) in [6, 6.07) is 6.55. The minimum absolute atomic E-state index is 0.0334. The Labute approximate surface area is 154 Å². The van der Waals surface area contributed by atoms with Crippen molar-refractivity contribution < 1.29 is 4.74 Å². The second-order valence-corrected chi connectivity index (χ2v) is 7.68. The third-order valence-corrected chi connectivity index (χ3v) is 5.91. The van der Waals surface area contributed by atoms with Crippen LogP contribution in [0.4, 0.5) is 0 Å². The summed E-state index contributed by atoms with van der Waals surface area (Å²) in [5.41, 5.74) is 8.73. The van der Waals surface area contributed by atoms with Gasteiger partial charge in [-0.1, -0.05) is 25.0 Å². The normalized spacial score (nSPS) is 22.2. The van der Waals surface area contributed by atoms with Gasteiger partial charge in [-0.15, -0.1) is 0 Å². The van der Waals surface area contributed by atoms with Crippen LogP contribution in [0.5, 0.6) is 5.75 Å². The molecule has 2 heterocycles. The van der Waals surface area contributed by atoms with Gasteiger partial charge in [-0.05, 0) is 42.4 Å². The number of fused-ring (bicyclic) bond motifs is 1. The number of rotatable bonds is 5.